The molecule has 1 N–H and O–H groups in total. The van der Waals surface area contributed by atoms with E-state index in [-0.39, 0.29) is 24.1 Å². The number of hydrogen-bond donors (Lipinski definition) is 1. The van der Waals surface area contributed by atoms with Gasteiger partial charge < -0.3 is 9.84 Å². The zero-order valence-corrected chi connectivity index (χ0v) is 19.5. The Labute approximate surface area is 183 Å². The van der Waals surface area contributed by atoms with E-state index in [2.05, 4.69) is 26.8 Å². The average molecular weight is 415 g/mol. The fraction of sp³-hybridized carbons (Fsp3) is 0.889. The maximum absolute atomic E-state index is 12.2. The predicted molar refractivity (Wildman–Crippen MR) is 119 cm³/mol. The van der Waals surface area contributed by atoms with Gasteiger partial charge in [0.25, 0.3) is 0 Å². The van der Waals surface area contributed by atoms with Crippen molar-refractivity contribution in [3.8, 4) is 0 Å². The maximum atomic E-state index is 12.2. The van der Waals surface area contributed by atoms with Crippen molar-refractivity contribution < 1.29 is 14.6 Å². The number of ether oxygens (including phenoxy) is 1. The molecule has 1 saturated heterocycles. The minimum Gasteiger partial charge on any atom is -0.462 e. The molecule has 3 nitrogen and oxygen atoms in total. The quantitative estimate of drug-likeness (QED) is 0.452. The Balaban J connectivity index is 1.36. The minimum absolute atomic E-state index is 0.0267. The Hall–Kier alpha value is -0.830. The molecule has 30 heavy (non-hydrogen) atoms. The van der Waals surface area contributed by atoms with Crippen LogP contribution in [0.4, 0.5) is 0 Å². The number of rotatable bonds is 2. The molecular formula is C27H42O3. The molecule has 168 valence electrons. The predicted octanol–water partition coefficient (Wildman–Crippen LogP) is 5.90. The van der Waals surface area contributed by atoms with Gasteiger partial charge in [-0.1, -0.05) is 39.3 Å². The summed E-state index contributed by atoms with van der Waals surface area (Å²) in [7, 11) is 0. The standard InChI is InChI=1S/C27H42O3/c1-16-5-10-24(30-25(16)29)17(2)21-8-9-22-20-7-6-18-15-19(28)11-13-26(18,3)23(20)12-14-27(21,22)4/h6,16-17,19-24,28H,5,7-15H2,1-4H3/t16-,17-,19-,20-,21+,22-,23-,24+,26-,27+/m0/s1. The van der Waals surface area contributed by atoms with E-state index in [9.17, 15) is 9.90 Å². The molecule has 4 aliphatic carbocycles. The smallest absolute Gasteiger partial charge is 0.308 e. The monoisotopic (exact) mass is 414 g/mol. The number of carbonyl (C=O) groups excluding carboxylic acids is 1. The second kappa shape index (κ2) is 7.36. The number of allylic oxidation sites excluding steroid dienone is 1. The molecule has 0 unspecified atom stereocenters. The van der Waals surface area contributed by atoms with Crippen LogP contribution >= 0.6 is 0 Å². The molecule has 3 heteroatoms. The highest BCUT2D eigenvalue weighted by Gasteiger charge is 2.59. The van der Waals surface area contributed by atoms with Crippen LogP contribution in [0.25, 0.3) is 0 Å². The molecule has 0 amide bonds. The number of fused-ring (bicyclic) bond motifs is 5. The fourth-order valence-electron chi connectivity index (χ4n) is 9.03. The zero-order valence-electron chi connectivity index (χ0n) is 19.5. The Kier molecular flexibility index (Phi) is 5.16. The fourth-order valence-corrected chi connectivity index (χ4v) is 9.03. The maximum Gasteiger partial charge on any atom is 0.308 e. The summed E-state index contributed by atoms with van der Waals surface area (Å²) in [6.07, 6.45) is 14.2. The number of hydrogen-bond acceptors (Lipinski definition) is 3. The Morgan fingerprint density at radius 1 is 1.07 bits per heavy atom. The summed E-state index contributed by atoms with van der Waals surface area (Å²) in [6, 6.07) is 0. The largest absolute Gasteiger partial charge is 0.462 e. The lowest BCUT2D eigenvalue weighted by molar-refractivity contribution is -0.166. The van der Waals surface area contributed by atoms with Crippen LogP contribution in [-0.2, 0) is 9.53 Å². The highest BCUT2D eigenvalue weighted by molar-refractivity contribution is 5.72. The number of aliphatic hydroxyl groups excluding tert-OH is 1. The molecule has 0 spiro atoms. The van der Waals surface area contributed by atoms with E-state index in [1.165, 1.54) is 38.5 Å². The SMILES string of the molecule is C[C@@H]([C@H]1CC[C@H]2[C@@H]3CC=C4C[C@@H](O)CC[C@]4(C)[C@H]3CC[C@]12C)[C@H]1CC[C@H](C)C(=O)O1. The van der Waals surface area contributed by atoms with E-state index in [4.69, 9.17) is 4.74 Å². The average Bonchev–Trinajstić information content (AvgIpc) is 3.07. The van der Waals surface area contributed by atoms with Crippen molar-refractivity contribution in [2.24, 2.45) is 46.3 Å². The molecule has 0 aromatic heterocycles. The van der Waals surface area contributed by atoms with Crippen LogP contribution in [-0.4, -0.2) is 23.3 Å². The zero-order chi connectivity index (χ0) is 21.3. The van der Waals surface area contributed by atoms with Gasteiger partial charge in [0.1, 0.15) is 6.10 Å². The van der Waals surface area contributed by atoms with E-state index < -0.39 is 0 Å². The second-order valence-electron chi connectivity index (χ2n) is 12.2. The van der Waals surface area contributed by atoms with Crippen LogP contribution in [0.3, 0.4) is 0 Å². The molecule has 10 atom stereocenters. The molecule has 0 aromatic rings. The molecule has 5 rings (SSSR count). The summed E-state index contributed by atoms with van der Waals surface area (Å²) in [5.74, 6) is 3.67. The second-order valence-corrected chi connectivity index (χ2v) is 12.2. The number of aliphatic hydroxyl groups is 1. The van der Waals surface area contributed by atoms with E-state index in [1.54, 1.807) is 5.57 Å². The summed E-state index contributed by atoms with van der Waals surface area (Å²) in [5.41, 5.74) is 2.28. The van der Waals surface area contributed by atoms with E-state index in [1.807, 2.05) is 6.92 Å². The van der Waals surface area contributed by atoms with Gasteiger partial charge in [-0.25, -0.2) is 0 Å². The van der Waals surface area contributed by atoms with Gasteiger partial charge in [0.05, 0.1) is 12.0 Å². The lowest BCUT2D eigenvalue weighted by atomic mass is 9.47. The Morgan fingerprint density at radius 3 is 2.63 bits per heavy atom. The molecule has 3 saturated carbocycles. The Morgan fingerprint density at radius 2 is 1.87 bits per heavy atom. The van der Waals surface area contributed by atoms with Gasteiger partial charge in [-0.3, -0.25) is 4.79 Å². The summed E-state index contributed by atoms with van der Waals surface area (Å²) in [5, 5.41) is 10.2. The first-order valence-corrected chi connectivity index (χ1v) is 12.8. The third-order valence-corrected chi connectivity index (χ3v) is 10.9. The highest BCUT2D eigenvalue weighted by Crippen LogP contribution is 2.67. The third-order valence-electron chi connectivity index (χ3n) is 10.9. The molecule has 5 aliphatic rings. The van der Waals surface area contributed by atoms with Gasteiger partial charge >= 0.3 is 5.97 Å². The normalized spacial score (nSPS) is 51.8. The van der Waals surface area contributed by atoms with Crippen LogP contribution in [0.2, 0.25) is 0 Å². The van der Waals surface area contributed by atoms with Crippen LogP contribution in [0, 0.1) is 46.3 Å². The van der Waals surface area contributed by atoms with Crippen LogP contribution in [0.5, 0.6) is 0 Å². The van der Waals surface area contributed by atoms with E-state index in [0.717, 1.165) is 43.4 Å². The first-order chi connectivity index (χ1) is 14.2. The van der Waals surface area contributed by atoms with Gasteiger partial charge in [-0.05, 0) is 105 Å². The molecule has 0 radical (unpaired) electrons. The van der Waals surface area contributed by atoms with Crippen molar-refractivity contribution in [2.75, 3.05) is 0 Å². The lowest BCUT2D eigenvalue weighted by Gasteiger charge is -2.58. The molecule has 1 aliphatic heterocycles. The van der Waals surface area contributed by atoms with E-state index >= 15 is 0 Å². The van der Waals surface area contributed by atoms with E-state index in [0.29, 0.717) is 22.7 Å². The van der Waals surface area contributed by atoms with Crippen molar-refractivity contribution in [3.05, 3.63) is 11.6 Å². The molecule has 0 aromatic carbocycles. The Bertz CT molecular complexity index is 728. The molecule has 4 fully saturated rings. The van der Waals surface area contributed by atoms with Crippen molar-refractivity contribution >= 4 is 5.97 Å². The van der Waals surface area contributed by atoms with Gasteiger partial charge in [0, 0.05) is 0 Å². The topological polar surface area (TPSA) is 46.5 Å². The summed E-state index contributed by atoms with van der Waals surface area (Å²) >= 11 is 0. The molecule has 1 heterocycles. The van der Waals surface area contributed by atoms with Gasteiger partial charge in [0.15, 0.2) is 0 Å². The molecular weight excluding hydrogens is 372 g/mol. The highest BCUT2D eigenvalue weighted by atomic mass is 16.5. The van der Waals surface area contributed by atoms with Gasteiger partial charge in [-0.15, -0.1) is 0 Å². The van der Waals surface area contributed by atoms with Gasteiger partial charge in [0.2, 0.25) is 0 Å². The van der Waals surface area contributed by atoms with Gasteiger partial charge in [-0.2, -0.15) is 0 Å². The lowest BCUT2D eigenvalue weighted by Crippen LogP contribution is -2.51. The third kappa shape index (κ3) is 3.05. The van der Waals surface area contributed by atoms with Crippen LogP contribution in [0.15, 0.2) is 11.6 Å². The molecule has 0 bridgehead atoms. The summed E-state index contributed by atoms with van der Waals surface area (Å²) in [6.45, 7) is 9.48. The first kappa shape index (κ1) is 21.0. The van der Waals surface area contributed by atoms with Crippen molar-refractivity contribution in [2.45, 2.75) is 104 Å². The first-order valence-electron chi connectivity index (χ1n) is 12.8. The summed E-state index contributed by atoms with van der Waals surface area (Å²) < 4.78 is 5.93. The minimum atomic E-state index is -0.118. The summed E-state index contributed by atoms with van der Waals surface area (Å²) in [4.78, 5) is 12.2. The number of carbonyl (C=O) groups is 1. The van der Waals surface area contributed by atoms with Crippen LogP contribution < -0.4 is 0 Å². The van der Waals surface area contributed by atoms with Crippen molar-refractivity contribution in [1.29, 1.82) is 0 Å². The number of esters is 1. The van der Waals surface area contributed by atoms with Crippen LogP contribution in [0.1, 0.15) is 91.9 Å². The van der Waals surface area contributed by atoms with Crippen molar-refractivity contribution in [1.82, 2.24) is 0 Å². The number of cyclic esters (lactones) is 1. The van der Waals surface area contributed by atoms with Crippen molar-refractivity contribution in [3.63, 3.8) is 0 Å².